The molecule has 2 rings (SSSR count). The first-order valence-electron chi connectivity index (χ1n) is 8.39. The Morgan fingerprint density at radius 2 is 1.78 bits per heavy atom. The normalized spacial score (nSPS) is 17.7. The van der Waals surface area contributed by atoms with Crippen molar-refractivity contribution < 1.29 is 41.9 Å². The number of halogens is 3. The van der Waals surface area contributed by atoms with Crippen LogP contribution in [0.3, 0.4) is 0 Å². The average molecular weight is 391 g/mol. The van der Waals surface area contributed by atoms with E-state index in [0.717, 1.165) is 0 Å². The molecule has 1 aliphatic rings. The zero-order chi connectivity index (χ0) is 20.1. The minimum absolute atomic E-state index is 0.0327. The number of quaternary nitrogens is 1. The third kappa shape index (κ3) is 4.33. The van der Waals surface area contributed by atoms with Gasteiger partial charge < -0.3 is 14.2 Å². The summed E-state index contributed by atoms with van der Waals surface area (Å²) >= 11 is 0. The third-order valence-corrected chi connectivity index (χ3v) is 4.29. The monoisotopic (exact) mass is 391 g/mol. The SMILES string of the molecule is CCOC(=O)C(NC(=O)c1ccc(OC)cc1)([NH+]1CCOCC1)C(F)(F)F. The van der Waals surface area contributed by atoms with Crippen LogP contribution in [0.1, 0.15) is 17.3 Å². The average Bonchev–Trinajstić information content (AvgIpc) is 2.65. The first kappa shape index (κ1) is 21.0. The molecule has 27 heavy (non-hydrogen) atoms. The van der Waals surface area contributed by atoms with Gasteiger partial charge in [-0.15, -0.1) is 0 Å². The largest absolute Gasteiger partial charge is 0.497 e. The highest BCUT2D eigenvalue weighted by molar-refractivity contribution is 5.98. The van der Waals surface area contributed by atoms with E-state index in [9.17, 15) is 22.8 Å². The molecule has 1 aliphatic heterocycles. The highest BCUT2D eigenvalue weighted by Crippen LogP contribution is 2.28. The summed E-state index contributed by atoms with van der Waals surface area (Å²) in [5, 5.41) is 1.91. The Labute approximate surface area is 154 Å². The number of morpholine rings is 1. The Morgan fingerprint density at radius 3 is 2.26 bits per heavy atom. The molecule has 0 saturated carbocycles. The van der Waals surface area contributed by atoms with Gasteiger partial charge in [-0.3, -0.25) is 15.0 Å². The molecule has 1 heterocycles. The molecule has 1 aromatic carbocycles. The van der Waals surface area contributed by atoms with Crippen LogP contribution in [-0.2, 0) is 14.3 Å². The van der Waals surface area contributed by atoms with Crippen LogP contribution in [0.5, 0.6) is 5.75 Å². The lowest BCUT2D eigenvalue weighted by molar-refractivity contribution is -0.965. The minimum Gasteiger partial charge on any atom is -0.497 e. The molecule has 1 aromatic rings. The van der Waals surface area contributed by atoms with E-state index in [4.69, 9.17) is 14.2 Å². The Morgan fingerprint density at radius 1 is 1.19 bits per heavy atom. The number of carbonyl (C=O) groups is 2. The van der Waals surface area contributed by atoms with Crippen molar-refractivity contribution in [1.82, 2.24) is 5.32 Å². The number of methoxy groups -OCH3 is 1. The van der Waals surface area contributed by atoms with Crippen LogP contribution in [0.4, 0.5) is 13.2 Å². The number of nitrogens with one attached hydrogen (secondary N) is 2. The number of hydrogen-bond donors (Lipinski definition) is 2. The van der Waals surface area contributed by atoms with Gasteiger partial charge in [0, 0.05) is 5.56 Å². The molecule has 7 nitrogen and oxygen atoms in total. The van der Waals surface area contributed by atoms with Gasteiger partial charge in [0.1, 0.15) is 18.8 Å². The Bertz CT molecular complexity index is 660. The molecule has 150 valence electrons. The fourth-order valence-electron chi connectivity index (χ4n) is 2.89. The van der Waals surface area contributed by atoms with Gasteiger partial charge in [-0.05, 0) is 31.2 Å². The highest BCUT2D eigenvalue weighted by atomic mass is 19.4. The highest BCUT2D eigenvalue weighted by Gasteiger charge is 2.71. The summed E-state index contributed by atoms with van der Waals surface area (Å²) in [6, 6.07) is 5.51. The maximum absolute atomic E-state index is 14.1. The maximum atomic E-state index is 14.1. The zero-order valence-electron chi connectivity index (χ0n) is 15.0. The van der Waals surface area contributed by atoms with E-state index < -0.39 is 23.7 Å². The lowest BCUT2D eigenvalue weighted by Gasteiger charge is -2.40. The molecule has 1 unspecified atom stereocenters. The topological polar surface area (TPSA) is 78.3 Å². The van der Waals surface area contributed by atoms with Crippen LogP contribution in [0.25, 0.3) is 0 Å². The summed E-state index contributed by atoms with van der Waals surface area (Å²) in [5.41, 5.74) is -3.26. The van der Waals surface area contributed by atoms with Crippen LogP contribution < -0.4 is 15.0 Å². The number of alkyl halides is 3. The molecular weight excluding hydrogens is 369 g/mol. The van der Waals surface area contributed by atoms with Crippen LogP contribution in [0.15, 0.2) is 24.3 Å². The Hall–Kier alpha value is -2.33. The number of benzene rings is 1. The van der Waals surface area contributed by atoms with Gasteiger partial charge in [-0.25, -0.2) is 4.79 Å². The molecule has 0 aromatic heterocycles. The quantitative estimate of drug-likeness (QED) is 0.676. The van der Waals surface area contributed by atoms with Crippen molar-refractivity contribution in [3.05, 3.63) is 29.8 Å². The minimum atomic E-state index is -5.08. The van der Waals surface area contributed by atoms with Crippen LogP contribution in [-0.4, -0.2) is 63.7 Å². The van der Waals surface area contributed by atoms with E-state index in [-0.39, 0.29) is 43.4 Å². The lowest BCUT2D eigenvalue weighted by Crippen LogP contribution is -3.27. The van der Waals surface area contributed by atoms with E-state index in [1.165, 1.54) is 38.3 Å². The second-order valence-corrected chi connectivity index (χ2v) is 5.87. The van der Waals surface area contributed by atoms with Gasteiger partial charge in [-0.2, -0.15) is 13.2 Å². The van der Waals surface area contributed by atoms with Crippen molar-refractivity contribution in [1.29, 1.82) is 0 Å². The lowest BCUT2D eigenvalue weighted by atomic mass is 10.0. The summed E-state index contributed by atoms with van der Waals surface area (Å²) < 4.78 is 57.2. The maximum Gasteiger partial charge on any atom is 0.478 e. The van der Waals surface area contributed by atoms with Gasteiger partial charge in [-0.1, -0.05) is 0 Å². The van der Waals surface area contributed by atoms with Crippen molar-refractivity contribution in [2.45, 2.75) is 18.8 Å². The zero-order valence-corrected chi connectivity index (χ0v) is 15.0. The summed E-state index contributed by atoms with van der Waals surface area (Å²) in [6.07, 6.45) is -5.08. The van der Waals surface area contributed by atoms with Gasteiger partial charge in [0.05, 0.1) is 26.9 Å². The summed E-state index contributed by atoms with van der Waals surface area (Å²) in [7, 11) is 1.42. The molecule has 1 amide bonds. The molecule has 1 atom stereocenters. The van der Waals surface area contributed by atoms with E-state index in [1.54, 1.807) is 0 Å². The number of ether oxygens (including phenoxy) is 3. The summed E-state index contributed by atoms with van der Waals surface area (Å²) in [5.74, 6) is -2.14. The van der Waals surface area contributed by atoms with Gasteiger partial charge in [0.15, 0.2) is 0 Å². The predicted molar refractivity (Wildman–Crippen MR) is 87.4 cm³/mol. The number of rotatable bonds is 6. The molecular formula is C17H22F3N2O5+. The van der Waals surface area contributed by atoms with Gasteiger partial charge in [0.2, 0.25) is 0 Å². The van der Waals surface area contributed by atoms with Crippen molar-refractivity contribution in [3.63, 3.8) is 0 Å². The predicted octanol–water partition coefficient (Wildman–Crippen LogP) is 0.162. The Kier molecular flexibility index (Phi) is 6.66. The molecule has 0 bridgehead atoms. The van der Waals surface area contributed by atoms with Crippen molar-refractivity contribution >= 4 is 11.9 Å². The summed E-state index contributed by atoms with van der Waals surface area (Å²) in [4.78, 5) is 24.8. The molecule has 0 spiro atoms. The van der Waals surface area contributed by atoms with Crippen LogP contribution in [0, 0.1) is 0 Å². The van der Waals surface area contributed by atoms with Crippen molar-refractivity contribution in [2.75, 3.05) is 40.0 Å². The second-order valence-electron chi connectivity index (χ2n) is 5.87. The molecule has 1 fully saturated rings. The van der Waals surface area contributed by atoms with Crippen molar-refractivity contribution in [2.24, 2.45) is 0 Å². The number of carbonyl (C=O) groups excluding carboxylic acids is 2. The smallest absolute Gasteiger partial charge is 0.478 e. The summed E-state index contributed by atoms with van der Waals surface area (Å²) in [6.45, 7) is 0.996. The molecule has 0 aliphatic carbocycles. The first-order valence-corrected chi connectivity index (χ1v) is 8.39. The molecule has 10 heteroatoms. The number of esters is 1. The van der Waals surface area contributed by atoms with E-state index >= 15 is 0 Å². The standard InChI is InChI=1S/C17H21F3N2O5/c1-3-27-15(24)16(17(18,19)20,22-8-10-26-11-9-22)21-14(23)12-4-6-13(25-2)7-5-12/h4-7H,3,8-11H2,1-2H3,(H,21,23)/p+1. The Balaban J connectivity index is 2.42. The molecule has 2 N–H and O–H groups in total. The van der Waals surface area contributed by atoms with Gasteiger partial charge in [0.25, 0.3) is 5.91 Å². The van der Waals surface area contributed by atoms with Crippen molar-refractivity contribution in [3.8, 4) is 5.75 Å². The molecule has 1 saturated heterocycles. The van der Waals surface area contributed by atoms with E-state index in [1.807, 2.05) is 5.32 Å². The first-order chi connectivity index (χ1) is 12.8. The van der Waals surface area contributed by atoms with Gasteiger partial charge >= 0.3 is 17.8 Å². The van der Waals surface area contributed by atoms with E-state index in [0.29, 0.717) is 5.75 Å². The number of amides is 1. The van der Waals surface area contributed by atoms with Crippen LogP contribution >= 0.6 is 0 Å². The third-order valence-electron chi connectivity index (χ3n) is 4.29. The fourth-order valence-corrected chi connectivity index (χ4v) is 2.89. The van der Waals surface area contributed by atoms with Crippen LogP contribution in [0.2, 0.25) is 0 Å². The molecule has 0 radical (unpaired) electrons. The second kappa shape index (κ2) is 8.57. The fraction of sp³-hybridized carbons (Fsp3) is 0.529. The number of hydrogen-bond acceptors (Lipinski definition) is 5. The van der Waals surface area contributed by atoms with E-state index in [2.05, 4.69) is 0 Å².